The summed E-state index contributed by atoms with van der Waals surface area (Å²) in [6.07, 6.45) is 2.27. The van der Waals surface area contributed by atoms with Crippen LogP contribution in [0.1, 0.15) is 20.7 Å². The zero-order valence-electron chi connectivity index (χ0n) is 19.5. The molecule has 9 nitrogen and oxygen atoms in total. The molecule has 37 heavy (non-hydrogen) atoms. The largest absolute Gasteiger partial charge is 0.353 e. The minimum absolute atomic E-state index is 0.108. The van der Waals surface area contributed by atoms with E-state index < -0.39 is 15.9 Å². The molecule has 4 rings (SSSR count). The van der Waals surface area contributed by atoms with Gasteiger partial charge in [-0.15, -0.1) is 11.8 Å². The quantitative estimate of drug-likeness (QED) is 0.206. The molecule has 1 aromatic heterocycles. The zero-order valence-corrected chi connectivity index (χ0v) is 21.1. The molecule has 0 saturated heterocycles. The SMILES string of the molecule is O=C(Nc1ccc(C(=O)NS(=O)(=O)c2cnc(NCCSc3ccccc3)nc2)cc1)c1ccccc1. The summed E-state index contributed by atoms with van der Waals surface area (Å²) >= 11 is 1.67. The van der Waals surface area contributed by atoms with Crippen molar-refractivity contribution in [3.63, 3.8) is 0 Å². The number of rotatable bonds is 10. The molecule has 0 radical (unpaired) electrons. The Morgan fingerprint density at radius 3 is 2.00 bits per heavy atom. The minimum Gasteiger partial charge on any atom is -0.353 e. The van der Waals surface area contributed by atoms with Crippen molar-refractivity contribution in [3.05, 3.63) is 108 Å². The molecule has 2 amide bonds. The van der Waals surface area contributed by atoms with Gasteiger partial charge in [0.25, 0.3) is 21.8 Å². The van der Waals surface area contributed by atoms with Crippen molar-refractivity contribution in [2.24, 2.45) is 0 Å². The summed E-state index contributed by atoms with van der Waals surface area (Å²) in [6.45, 7) is 0.587. The smallest absolute Gasteiger partial charge is 0.267 e. The number of nitrogens with zero attached hydrogens (tertiary/aromatic N) is 2. The van der Waals surface area contributed by atoms with Crippen LogP contribution in [-0.2, 0) is 10.0 Å². The van der Waals surface area contributed by atoms with Gasteiger partial charge in [-0.2, -0.15) is 0 Å². The van der Waals surface area contributed by atoms with Crippen LogP contribution >= 0.6 is 11.8 Å². The van der Waals surface area contributed by atoms with Crippen LogP contribution in [0.3, 0.4) is 0 Å². The van der Waals surface area contributed by atoms with Gasteiger partial charge in [-0.25, -0.2) is 23.1 Å². The first kappa shape index (κ1) is 25.9. The van der Waals surface area contributed by atoms with E-state index in [1.54, 1.807) is 36.0 Å². The third-order valence-electron chi connectivity index (χ3n) is 5.00. The van der Waals surface area contributed by atoms with Gasteiger partial charge >= 0.3 is 0 Å². The first-order valence-electron chi connectivity index (χ1n) is 11.2. The molecule has 0 bridgehead atoms. The molecular weight excluding hydrogens is 510 g/mol. The monoisotopic (exact) mass is 533 g/mol. The van der Waals surface area contributed by atoms with Crippen molar-refractivity contribution in [2.45, 2.75) is 9.79 Å². The Kier molecular flexibility index (Phi) is 8.49. The molecule has 0 atom stereocenters. The van der Waals surface area contributed by atoms with E-state index in [1.165, 1.54) is 24.3 Å². The summed E-state index contributed by atoms with van der Waals surface area (Å²) < 4.78 is 27.2. The molecule has 0 aliphatic rings. The highest BCUT2D eigenvalue weighted by atomic mass is 32.2. The summed E-state index contributed by atoms with van der Waals surface area (Å²) in [6, 6.07) is 24.5. The Bertz CT molecular complexity index is 1450. The van der Waals surface area contributed by atoms with Gasteiger partial charge < -0.3 is 10.6 Å². The zero-order chi connectivity index (χ0) is 26.1. The van der Waals surface area contributed by atoms with Gasteiger partial charge in [0, 0.05) is 34.0 Å². The van der Waals surface area contributed by atoms with E-state index in [0.29, 0.717) is 17.8 Å². The van der Waals surface area contributed by atoms with Crippen molar-refractivity contribution in [1.82, 2.24) is 14.7 Å². The first-order chi connectivity index (χ1) is 17.9. The molecule has 3 N–H and O–H groups in total. The van der Waals surface area contributed by atoms with Crippen LogP contribution in [0.25, 0.3) is 0 Å². The van der Waals surface area contributed by atoms with Crippen LogP contribution in [0.2, 0.25) is 0 Å². The fraction of sp³-hybridized carbons (Fsp3) is 0.0769. The van der Waals surface area contributed by atoms with Crippen LogP contribution in [0.15, 0.2) is 107 Å². The molecular formula is C26H23N5O4S2. The Balaban J connectivity index is 1.29. The van der Waals surface area contributed by atoms with Crippen molar-refractivity contribution in [3.8, 4) is 0 Å². The van der Waals surface area contributed by atoms with Crippen LogP contribution in [0.4, 0.5) is 11.6 Å². The van der Waals surface area contributed by atoms with E-state index in [2.05, 4.69) is 20.6 Å². The molecule has 188 valence electrons. The van der Waals surface area contributed by atoms with E-state index in [0.717, 1.165) is 23.0 Å². The number of carbonyl (C=O) groups excluding carboxylic acids is 2. The number of carbonyl (C=O) groups is 2. The highest BCUT2D eigenvalue weighted by molar-refractivity contribution is 7.99. The van der Waals surface area contributed by atoms with Gasteiger partial charge in [-0.05, 0) is 48.5 Å². The third-order valence-corrected chi connectivity index (χ3v) is 7.30. The minimum atomic E-state index is -4.18. The van der Waals surface area contributed by atoms with Crippen molar-refractivity contribution >= 4 is 45.2 Å². The molecule has 0 saturated carbocycles. The highest BCUT2D eigenvalue weighted by Crippen LogP contribution is 2.17. The topological polar surface area (TPSA) is 130 Å². The average molecular weight is 534 g/mol. The number of anilines is 2. The van der Waals surface area contributed by atoms with Crippen LogP contribution in [-0.4, -0.2) is 42.5 Å². The van der Waals surface area contributed by atoms with Crippen LogP contribution in [0, 0.1) is 0 Å². The molecule has 0 aliphatic heterocycles. The second kappa shape index (κ2) is 12.2. The van der Waals surface area contributed by atoms with Gasteiger partial charge in [-0.3, -0.25) is 9.59 Å². The predicted octanol–water partition coefficient (Wildman–Crippen LogP) is 4.05. The van der Waals surface area contributed by atoms with Gasteiger partial charge in [0.2, 0.25) is 5.95 Å². The standard InChI is InChI=1S/C26H23N5O4S2/c32-24(19-7-3-1-4-8-19)30-21-13-11-20(12-14-21)25(33)31-37(34,35)23-17-28-26(29-18-23)27-15-16-36-22-9-5-2-6-10-22/h1-14,17-18H,15-16H2,(H,30,32)(H,31,33)(H,27,28,29). The van der Waals surface area contributed by atoms with Gasteiger partial charge in [0.15, 0.2) is 0 Å². The fourth-order valence-corrected chi connectivity index (χ4v) is 4.78. The van der Waals surface area contributed by atoms with Crippen LogP contribution in [0.5, 0.6) is 0 Å². The molecule has 0 fully saturated rings. The lowest BCUT2D eigenvalue weighted by Crippen LogP contribution is -2.30. The van der Waals surface area contributed by atoms with Gasteiger partial charge in [0.1, 0.15) is 4.90 Å². The van der Waals surface area contributed by atoms with E-state index in [9.17, 15) is 18.0 Å². The maximum Gasteiger partial charge on any atom is 0.267 e. The summed E-state index contributed by atoms with van der Waals surface area (Å²) in [4.78, 5) is 33.7. The number of hydrogen-bond acceptors (Lipinski definition) is 8. The molecule has 11 heteroatoms. The number of sulfonamides is 1. The molecule has 0 unspecified atom stereocenters. The first-order valence-corrected chi connectivity index (χ1v) is 13.6. The Morgan fingerprint density at radius 2 is 1.35 bits per heavy atom. The Labute approximate surface area is 218 Å². The van der Waals surface area contributed by atoms with E-state index in [-0.39, 0.29) is 22.3 Å². The predicted molar refractivity (Wildman–Crippen MR) is 143 cm³/mol. The van der Waals surface area contributed by atoms with E-state index >= 15 is 0 Å². The lowest BCUT2D eigenvalue weighted by molar-refractivity contribution is 0.0980. The third kappa shape index (κ3) is 7.38. The molecule has 0 aliphatic carbocycles. The number of aromatic nitrogens is 2. The Morgan fingerprint density at radius 1 is 0.757 bits per heavy atom. The molecule has 3 aromatic carbocycles. The van der Waals surface area contributed by atoms with Gasteiger partial charge in [-0.1, -0.05) is 36.4 Å². The maximum atomic E-state index is 12.6. The van der Waals surface area contributed by atoms with Crippen molar-refractivity contribution < 1.29 is 18.0 Å². The van der Waals surface area contributed by atoms with Crippen molar-refractivity contribution in [2.75, 3.05) is 22.9 Å². The number of thioether (sulfide) groups is 1. The molecule has 0 spiro atoms. The van der Waals surface area contributed by atoms with Crippen molar-refractivity contribution in [1.29, 1.82) is 0 Å². The lowest BCUT2D eigenvalue weighted by atomic mass is 10.2. The summed E-state index contributed by atoms with van der Waals surface area (Å²) in [5.74, 6) is -0.0560. The number of benzene rings is 3. The summed E-state index contributed by atoms with van der Waals surface area (Å²) in [5, 5.41) is 5.75. The number of hydrogen-bond donors (Lipinski definition) is 3. The fourth-order valence-electron chi connectivity index (χ4n) is 3.13. The second-order valence-corrected chi connectivity index (χ2v) is 10.5. The lowest BCUT2D eigenvalue weighted by Gasteiger charge is -2.09. The normalized spacial score (nSPS) is 10.9. The molecule has 1 heterocycles. The second-order valence-electron chi connectivity index (χ2n) is 7.66. The number of amides is 2. The average Bonchev–Trinajstić information content (AvgIpc) is 2.92. The van der Waals surface area contributed by atoms with E-state index in [4.69, 9.17) is 0 Å². The Hall–Kier alpha value is -4.22. The summed E-state index contributed by atoms with van der Waals surface area (Å²) in [7, 11) is -4.18. The van der Waals surface area contributed by atoms with Crippen LogP contribution < -0.4 is 15.4 Å². The maximum absolute atomic E-state index is 12.6. The van der Waals surface area contributed by atoms with E-state index in [1.807, 2.05) is 41.1 Å². The number of nitrogens with one attached hydrogen (secondary N) is 3. The highest BCUT2D eigenvalue weighted by Gasteiger charge is 2.20. The molecule has 4 aromatic rings. The van der Waals surface area contributed by atoms with Gasteiger partial charge in [0.05, 0.1) is 12.4 Å². The summed E-state index contributed by atoms with van der Waals surface area (Å²) in [5.41, 5.74) is 1.06.